The third kappa shape index (κ3) is 2.42. The van der Waals surface area contributed by atoms with Crippen LogP contribution in [0.25, 0.3) is 0 Å². The quantitative estimate of drug-likeness (QED) is 0.359. The van der Waals surface area contributed by atoms with Crippen LogP contribution in [-0.4, -0.2) is 20.1 Å². The summed E-state index contributed by atoms with van der Waals surface area (Å²) in [6.45, 7) is 3.72. The number of rotatable bonds is 2. The van der Waals surface area contributed by atoms with E-state index < -0.39 is 19.2 Å². The van der Waals surface area contributed by atoms with Gasteiger partial charge in [-0.05, 0) is 0 Å². The summed E-state index contributed by atoms with van der Waals surface area (Å²) in [5, 5.41) is 0.651. The third-order valence-corrected chi connectivity index (χ3v) is 12.0. The first-order chi connectivity index (χ1) is 17.3. The fourth-order valence-electron chi connectivity index (χ4n) is 5.93. The molecule has 1 fully saturated rings. The zero-order chi connectivity index (χ0) is 24.8. The van der Waals surface area contributed by atoms with E-state index in [2.05, 4.69) is 0 Å². The van der Waals surface area contributed by atoms with Crippen LogP contribution in [0, 0.1) is 10.8 Å². The van der Waals surface area contributed by atoms with Crippen molar-refractivity contribution >= 4 is 25.8 Å². The molecule has 3 aromatic rings. The van der Waals surface area contributed by atoms with Crippen molar-refractivity contribution in [1.29, 1.82) is 0 Å². The number of carbonyl (C=O) groups excluding carboxylic acids is 2. The van der Waals surface area contributed by atoms with Gasteiger partial charge in [0.15, 0.2) is 0 Å². The van der Waals surface area contributed by atoms with Gasteiger partial charge in [-0.1, -0.05) is 0 Å². The number of imide groups is 1. The van der Waals surface area contributed by atoms with Gasteiger partial charge in [-0.15, -0.1) is 0 Å². The molecule has 2 atom stereocenters. The topological polar surface area (TPSA) is 74.3 Å². The minimum absolute atomic E-state index is 0.202. The zero-order valence-corrected chi connectivity index (χ0v) is 20.9. The Bertz CT molecular complexity index is 1390. The molecule has 1 aliphatic carbocycles. The number of para-hydroxylation sites is 5. The standard InChI is InChI=1S/C28H24NO6Si/c1-27-17-16-20(18-28(27,2)26(31)29(25(27)30)19-10-4-3-5-11-19)36(32-21-12-6-7-13-22(21)33-36)34-23-14-8-9-15-24(23)35-36/h3-16H,17-18H2,1-2H3/q-1. The molecule has 4 aliphatic rings. The van der Waals surface area contributed by atoms with Gasteiger partial charge in [0, 0.05) is 0 Å². The molecule has 0 saturated carbocycles. The van der Waals surface area contributed by atoms with Crippen molar-refractivity contribution in [3.05, 3.63) is 90.1 Å². The van der Waals surface area contributed by atoms with E-state index in [0.717, 1.165) is 0 Å². The normalized spacial score (nSPS) is 29.4. The molecule has 0 radical (unpaired) electrons. The van der Waals surface area contributed by atoms with Gasteiger partial charge in [-0.2, -0.15) is 0 Å². The first-order valence-corrected chi connectivity index (χ1v) is 14.2. The second-order valence-corrected chi connectivity index (χ2v) is 13.5. The molecular formula is C28H24NO6Si-. The molecule has 0 aromatic heterocycles. The van der Waals surface area contributed by atoms with E-state index in [1.165, 1.54) is 4.90 Å². The Morgan fingerprint density at radius 3 is 1.61 bits per heavy atom. The van der Waals surface area contributed by atoms with Crippen LogP contribution in [0.5, 0.6) is 23.0 Å². The van der Waals surface area contributed by atoms with Gasteiger partial charge in [0.05, 0.1) is 0 Å². The number of nitrogens with zero attached hydrogens (tertiary/aromatic N) is 1. The summed E-state index contributed by atoms with van der Waals surface area (Å²) >= 11 is 0. The molecule has 0 N–H and O–H groups in total. The number of anilines is 1. The van der Waals surface area contributed by atoms with Gasteiger partial charge in [0.1, 0.15) is 0 Å². The second-order valence-electron chi connectivity index (χ2n) is 10.3. The van der Waals surface area contributed by atoms with Gasteiger partial charge in [0.25, 0.3) is 0 Å². The average Bonchev–Trinajstić information content (AvgIpc) is 3.45. The second kappa shape index (κ2) is 6.58. The molecule has 3 aliphatic heterocycles. The van der Waals surface area contributed by atoms with Gasteiger partial charge in [-0.3, -0.25) is 0 Å². The summed E-state index contributed by atoms with van der Waals surface area (Å²) < 4.78 is 26.3. The number of carbonyl (C=O) groups is 2. The Morgan fingerprint density at radius 1 is 0.667 bits per heavy atom. The van der Waals surface area contributed by atoms with E-state index in [1.54, 1.807) is 12.1 Å². The maximum atomic E-state index is 14.0. The van der Waals surface area contributed by atoms with Gasteiger partial charge < -0.3 is 0 Å². The number of allylic oxidation sites excluding steroid dienone is 2. The summed E-state index contributed by atoms with van der Waals surface area (Å²) in [6, 6.07) is 23.8. The molecular weight excluding hydrogens is 474 g/mol. The number of benzene rings is 3. The van der Waals surface area contributed by atoms with Gasteiger partial charge in [-0.25, -0.2) is 0 Å². The number of hydrogen-bond acceptors (Lipinski definition) is 6. The SMILES string of the molecule is CC12CC=C([Si-]34(Oc5ccccc5O3)Oc3ccccc3O4)CC1(C)C(=O)N(c1ccccc1)C2=O. The summed E-state index contributed by atoms with van der Waals surface area (Å²) in [6.07, 6.45) is 2.46. The van der Waals surface area contributed by atoms with Crippen molar-refractivity contribution in [2.24, 2.45) is 10.8 Å². The molecule has 7 nitrogen and oxygen atoms in total. The molecule has 1 saturated heterocycles. The van der Waals surface area contributed by atoms with E-state index in [1.807, 2.05) is 86.7 Å². The van der Waals surface area contributed by atoms with Crippen molar-refractivity contribution in [3.8, 4) is 23.0 Å². The Balaban J connectivity index is 1.36. The Kier molecular flexibility index (Phi) is 3.89. The van der Waals surface area contributed by atoms with Crippen LogP contribution in [-0.2, 0) is 9.59 Å². The molecule has 0 bridgehead atoms. The average molecular weight is 499 g/mol. The third-order valence-electron chi connectivity index (χ3n) is 8.25. The summed E-state index contributed by atoms with van der Waals surface area (Å²) in [7, 11) is -4.79. The molecule has 3 aromatic carbocycles. The Hall–Kier alpha value is -4.04. The summed E-state index contributed by atoms with van der Waals surface area (Å²) in [5.41, 5.74) is -1.42. The number of fused-ring (bicyclic) bond motifs is 3. The summed E-state index contributed by atoms with van der Waals surface area (Å²) in [4.78, 5) is 29.1. The Morgan fingerprint density at radius 2 is 1.11 bits per heavy atom. The Labute approximate surface area is 208 Å². The van der Waals surface area contributed by atoms with Crippen LogP contribution in [0.15, 0.2) is 90.1 Å². The molecule has 3 heterocycles. The van der Waals surface area contributed by atoms with E-state index >= 15 is 0 Å². The van der Waals surface area contributed by atoms with Crippen LogP contribution in [0.1, 0.15) is 26.7 Å². The fourth-order valence-corrected chi connectivity index (χ4v) is 9.97. The predicted molar refractivity (Wildman–Crippen MR) is 134 cm³/mol. The summed E-state index contributed by atoms with van der Waals surface area (Å²) in [5.74, 6) is 1.64. The zero-order valence-electron chi connectivity index (χ0n) is 19.9. The van der Waals surface area contributed by atoms with Crippen LogP contribution in [0.3, 0.4) is 0 Å². The number of hydrogen-bond donors (Lipinski definition) is 0. The van der Waals surface area contributed by atoms with Crippen LogP contribution < -0.4 is 22.6 Å². The maximum absolute atomic E-state index is 14.0. The monoisotopic (exact) mass is 498 g/mol. The predicted octanol–water partition coefficient (Wildman–Crippen LogP) is 5.16. The van der Waals surface area contributed by atoms with E-state index in [4.69, 9.17) is 17.7 Å². The molecule has 2 amide bonds. The molecule has 1 spiro atoms. The van der Waals surface area contributed by atoms with Crippen LogP contribution in [0.2, 0.25) is 0 Å². The number of amides is 2. The van der Waals surface area contributed by atoms with Crippen molar-refractivity contribution in [2.45, 2.75) is 26.7 Å². The van der Waals surface area contributed by atoms with Crippen molar-refractivity contribution in [2.75, 3.05) is 4.90 Å². The van der Waals surface area contributed by atoms with Gasteiger partial charge >= 0.3 is 209 Å². The molecule has 36 heavy (non-hydrogen) atoms. The van der Waals surface area contributed by atoms with Gasteiger partial charge in [0.2, 0.25) is 0 Å². The van der Waals surface area contributed by atoms with Crippen LogP contribution >= 0.6 is 0 Å². The molecule has 7 rings (SSSR count). The van der Waals surface area contributed by atoms with Crippen molar-refractivity contribution in [3.63, 3.8) is 0 Å². The molecule has 182 valence electrons. The van der Waals surface area contributed by atoms with Crippen molar-refractivity contribution in [1.82, 2.24) is 0 Å². The first-order valence-electron chi connectivity index (χ1n) is 12.0. The van der Waals surface area contributed by atoms with E-state index in [-0.39, 0.29) is 18.2 Å². The van der Waals surface area contributed by atoms with Crippen LogP contribution in [0.4, 0.5) is 5.69 Å². The van der Waals surface area contributed by atoms with E-state index in [9.17, 15) is 9.59 Å². The van der Waals surface area contributed by atoms with Crippen molar-refractivity contribution < 1.29 is 27.3 Å². The minimum atomic E-state index is -4.79. The first kappa shape index (κ1) is 21.3. The molecule has 8 heteroatoms. The van der Waals surface area contributed by atoms with E-state index in [0.29, 0.717) is 40.3 Å². The molecule has 2 unspecified atom stereocenters. The fraction of sp³-hybridized carbons (Fsp3) is 0.214.